The van der Waals surface area contributed by atoms with Crippen molar-refractivity contribution >= 4 is 11.6 Å². The van der Waals surface area contributed by atoms with Gasteiger partial charge in [-0.1, -0.05) is 25.4 Å². The second-order valence-electron chi connectivity index (χ2n) is 5.56. The molecule has 1 aliphatic rings. The summed E-state index contributed by atoms with van der Waals surface area (Å²) in [4.78, 5) is 0. The molecule has 1 N–H and O–H groups in total. The third kappa shape index (κ3) is 2.57. The van der Waals surface area contributed by atoms with Gasteiger partial charge in [-0.25, -0.2) is 0 Å². The van der Waals surface area contributed by atoms with Crippen LogP contribution < -0.4 is 5.32 Å². The maximum absolute atomic E-state index is 6.32. The molecule has 3 atom stereocenters. The number of hydrogen-bond donors (Lipinski definition) is 1. The maximum Gasteiger partial charge on any atom is 0.0860 e. The molecule has 0 bridgehead atoms. The van der Waals surface area contributed by atoms with Gasteiger partial charge in [-0.3, -0.25) is 4.68 Å². The van der Waals surface area contributed by atoms with E-state index in [1.807, 2.05) is 11.6 Å². The maximum atomic E-state index is 6.32. The number of halogens is 1. The van der Waals surface area contributed by atoms with Gasteiger partial charge in [-0.05, 0) is 38.5 Å². The van der Waals surface area contributed by atoms with E-state index >= 15 is 0 Å². The third-order valence-electron chi connectivity index (χ3n) is 4.45. The lowest BCUT2D eigenvalue weighted by Crippen LogP contribution is -2.32. The number of nitrogens with one attached hydrogen (secondary N) is 1. The molecule has 0 amide bonds. The molecular formula is C14H24ClN3. The van der Waals surface area contributed by atoms with Crippen LogP contribution in [0.5, 0.6) is 0 Å². The summed E-state index contributed by atoms with van der Waals surface area (Å²) in [5, 5.41) is 8.94. The van der Waals surface area contributed by atoms with E-state index in [1.165, 1.54) is 12.8 Å². The monoisotopic (exact) mass is 269 g/mol. The molecule has 1 heterocycles. The molecular weight excluding hydrogens is 246 g/mol. The van der Waals surface area contributed by atoms with Gasteiger partial charge in [0.1, 0.15) is 0 Å². The van der Waals surface area contributed by atoms with E-state index in [9.17, 15) is 0 Å². The number of aryl methyl sites for hydroxylation is 2. The van der Waals surface area contributed by atoms with Crippen molar-refractivity contribution in [2.75, 3.05) is 0 Å². The van der Waals surface area contributed by atoms with Crippen LogP contribution in [-0.2, 0) is 13.1 Å². The van der Waals surface area contributed by atoms with Gasteiger partial charge in [0.2, 0.25) is 0 Å². The lowest BCUT2D eigenvalue weighted by atomic mass is 9.98. The van der Waals surface area contributed by atoms with Gasteiger partial charge in [0.25, 0.3) is 0 Å². The average Bonchev–Trinajstić information content (AvgIpc) is 2.81. The Morgan fingerprint density at radius 1 is 1.39 bits per heavy atom. The van der Waals surface area contributed by atoms with Gasteiger partial charge in [0, 0.05) is 19.1 Å². The summed E-state index contributed by atoms with van der Waals surface area (Å²) >= 11 is 6.32. The highest BCUT2D eigenvalue weighted by atomic mass is 35.5. The molecule has 1 aromatic rings. The first-order valence-electron chi connectivity index (χ1n) is 6.99. The minimum atomic E-state index is 0.622. The van der Waals surface area contributed by atoms with Crippen molar-refractivity contribution in [3.8, 4) is 0 Å². The first-order chi connectivity index (χ1) is 8.54. The fourth-order valence-corrected chi connectivity index (χ4v) is 3.12. The van der Waals surface area contributed by atoms with E-state index in [0.717, 1.165) is 41.3 Å². The van der Waals surface area contributed by atoms with Crippen molar-refractivity contribution in [3.63, 3.8) is 0 Å². The zero-order valence-corrected chi connectivity index (χ0v) is 12.6. The molecule has 0 aromatic carbocycles. The van der Waals surface area contributed by atoms with E-state index in [4.69, 9.17) is 11.6 Å². The van der Waals surface area contributed by atoms with E-state index in [2.05, 4.69) is 31.2 Å². The van der Waals surface area contributed by atoms with Crippen LogP contribution >= 0.6 is 11.6 Å². The number of hydrogen-bond acceptors (Lipinski definition) is 2. The van der Waals surface area contributed by atoms with Crippen LogP contribution in [0.15, 0.2) is 0 Å². The molecule has 1 fully saturated rings. The summed E-state index contributed by atoms with van der Waals surface area (Å²) in [6.07, 6.45) is 2.61. The van der Waals surface area contributed by atoms with Crippen molar-refractivity contribution < 1.29 is 0 Å². The summed E-state index contributed by atoms with van der Waals surface area (Å²) in [6, 6.07) is 0.622. The Balaban J connectivity index is 2.02. The van der Waals surface area contributed by atoms with Gasteiger partial charge in [-0.2, -0.15) is 5.10 Å². The number of rotatable bonds is 4. The normalized spacial score (nSPS) is 27.9. The summed E-state index contributed by atoms with van der Waals surface area (Å²) in [6.45, 7) is 10.5. The van der Waals surface area contributed by atoms with Crippen molar-refractivity contribution in [3.05, 3.63) is 16.4 Å². The third-order valence-corrected chi connectivity index (χ3v) is 4.94. The average molecular weight is 270 g/mol. The molecule has 0 spiro atoms. The molecule has 4 heteroatoms. The summed E-state index contributed by atoms with van der Waals surface area (Å²) in [5.74, 6) is 1.58. The highest BCUT2D eigenvalue weighted by molar-refractivity contribution is 6.31. The van der Waals surface area contributed by atoms with Crippen LogP contribution in [0.4, 0.5) is 0 Å². The molecule has 0 aliphatic heterocycles. The SMILES string of the molecule is CCn1nc(C)c(Cl)c1CNC1CCC(C)C1C. The predicted molar refractivity (Wildman–Crippen MR) is 75.8 cm³/mol. The summed E-state index contributed by atoms with van der Waals surface area (Å²) in [7, 11) is 0. The first kappa shape index (κ1) is 13.9. The highest BCUT2D eigenvalue weighted by Crippen LogP contribution is 2.31. The van der Waals surface area contributed by atoms with Crippen LogP contribution in [0, 0.1) is 18.8 Å². The largest absolute Gasteiger partial charge is 0.308 e. The van der Waals surface area contributed by atoms with Crippen LogP contribution in [0.3, 0.4) is 0 Å². The van der Waals surface area contributed by atoms with Gasteiger partial charge in [-0.15, -0.1) is 0 Å². The molecule has 0 saturated heterocycles. The number of aromatic nitrogens is 2. The topological polar surface area (TPSA) is 29.9 Å². The second kappa shape index (κ2) is 5.62. The van der Waals surface area contributed by atoms with Crippen molar-refractivity contribution in [2.45, 2.75) is 59.7 Å². The van der Waals surface area contributed by atoms with Gasteiger partial charge in [0.15, 0.2) is 0 Å². The minimum absolute atomic E-state index is 0.622. The fraction of sp³-hybridized carbons (Fsp3) is 0.786. The fourth-order valence-electron chi connectivity index (χ4n) is 2.92. The smallest absolute Gasteiger partial charge is 0.0860 e. The second-order valence-corrected chi connectivity index (χ2v) is 5.94. The van der Waals surface area contributed by atoms with Crippen LogP contribution in [0.1, 0.15) is 45.0 Å². The van der Waals surface area contributed by atoms with E-state index in [0.29, 0.717) is 6.04 Å². The van der Waals surface area contributed by atoms with Crippen molar-refractivity contribution in [1.29, 1.82) is 0 Å². The van der Waals surface area contributed by atoms with Gasteiger partial charge in [0.05, 0.1) is 16.4 Å². The Hall–Kier alpha value is -0.540. The Labute approximate surface area is 115 Å². The number of nitrogens with zero attached hydrogens (tertiary/aromatic N) is 2. The van der Waals surface area contributed by atoms with Crippen LogP contribution in [-0.4, -0.2) is 15.8 Å². The minimum Gasteiger partial charge on any atom is -0.308 e. The summed E-state index contributed by atoms with van der Waals surface area (Å²) in [5.41, 5.74) is 2.06. The Morgan fingerprint density at radius 2 is 2.11 bits per heavy atom. The molecule has 3 unspecified atom stereocenters. The molecule has 0 radical (unpaired) electrons. The quantitative estimate of drug-likeness (QED) is 0.908. The highest BCUT2D eigenvalue weighted by Gasteiger charge is 2.29. The molecule has 2 rings (SSSR count). The van der Waals surface area contributed by atoms with E-state index in [-0.39, 0.29) is 0 Å². The van der Waals surface area contributed by atoms with Crippen molar-refractivity contribution in [1.82, 2.24) is 15.1 Å². The van der Waals surface area contributed by atoms with Crippen LogP contribution in [0.25, 0.3) is 0 Å². The molecule has 3 nitrogen and oxygen atoms in total. The van der Waals surface area contributed by atoms with Crippen LogP contribution in [0.2, 0.25) is 5.02 Å². The molecule has 1 aromatic heterocycles. The predicted octanol–water partition coefficient (Wildman–Crippen LogP) is 3.39. The molecule has 18 heavy (non-hydrogen) atoms. The molecule has 1 aliphatic carbocycles. The van der Waals surface area contributed by atoms with Crippen molar-refractivity contribution in [2.24, 2.45) is 11.8 Å². The van der Waals surface area contributed by atoms with E-state index in [1.54, 1.807) is 0 Å². The van der Waals surface area contributed by atoms with Gasteiger partial charge >= 0.3 is 0 Å². The zero-order valence-electron chi connectivity index (χ0n) is 11.8. The molecule has 102 valence electrons. The molecule has 1 saturated carbocycles. The van der Waals surface area contributed by atoms with E-state index < -0.39 is 0 Å². The lowest BCUT2D eigenvalue weighted by Gasteiger charge is -2.20. The Kier molecular flexibility index (Phi) is 4.33. The summed E-state index contributed by atoms with van der Waals surface area (Å²) < 4.78 is 2.01. The lowest BCUT2D eigenvalue weighted by molar-refractivity contribution is 0.365. The first-order valence-corrected chi connectivity index (χ1v) is 7.37. The zero-order chi connectivity index (χ0) is 13.3. The Bertz CT molecular complexity index is 413. The Morgan fingerprint density at radius 3 is 2.67 bits per heavy atom. The standard InChI is InChI=1S/C14H24ClN3/c1-5-18-13(14(15)11(4)17-18)8-16-12-7-6-9(2)10(12)3/h9-10,12,16H,5-8H2,1-4H3. The van der Waals surface area contributed by atoms with Gasteiger partial charge < -0.3 is 5.32 Å².